The van der Waals surface area contributed by atoms with E-state index in [1.165, 1.54) is 6.07 Å². The van der Waals surface area contributed by atoms with Crippen LogP contribution in [-0.4, -0.2) is 12.1 Å². The molecular formula is C15H24FNO. The van der Waals surface area contributed by atoms with Crippen LogP contribution >= 0.6 is 0 Å². The van der Waals surface area contributed by atoms with Crippen molar-refractivity contribution in [1.29, 1.82) is 0 Å². The van der Waals surface area contributed by atoms with Gasteiger partial charge in [0, 0.05) is 11.6 Å². The van der Waals surface area contributed by atoms with Gasteiger partial charge in [0.25, 0.3) is 0 Å². The number of benzene rings is 1. The fourth-order valence-electron chi connectivity index (χ4n) is 1.75. The molecule has 1 aromatic carbocycles. The SMILES string of the molecule is CCCNC(C)c1cccc(F)c1OC(C)(C)C. The van der Waals surface area contributed by atoms with Crippen LogP contribution in [0.4, 0.5) is 4.39 Å². The van der Waals surface area contributed by atoms with Gasteiger partial charge >= 0.3 is 0 Å². The minimum atomic E-state index is -0.401. The summed E-state index contributed by atoms with van der Waals surface area (Å²) in [6, 6.07) is 5.16. The van der Waals surface area contributed by atoms with Crippen molar-refractivity contribution in [2.75, 3.05) is 6.54 Å². The van der Waals surface area contributed by atoms with Gasteiger partial charge in [0.05, 0.1) is 0 Å². The van der Waals surface area contributed by atoms with E-state index in [-0.39, 0.29) is 11.9 Å². The summed E-state index contributed by atoms with van der Waals surface area (Å²) < 4.78 is 19.7. The molecule has 0 aromatic heterocycles. The molecule has 0 fully saturated rings. The van der Waals surface area contributed by atoms with Crippen LogP contribution in [0.5, 0.6) is 5.75 Å². The summed E-state index contributed by atoms with van der Waals surface area (Å²) in [4.78, 5) is 0. The third-order valence-corrected chi connectivity index (χ3v) is 2.57. The average Bonchev–Trinajstić information content (AvgIpc) is 2.27. The highest BCUT2D eigenvalue weighted by Crippen LogP contribution is 2.30. The summed E-state index contributed by atoms with van der Waals surface area (Å²) in [5.74, 6) is 0.0636. The molecule has 1 atom stereocenters. The van der Waals surface area contributed by atoms with Crippen molar-refractivity contribution in [2.24, 2.45) is 0 Å². The number of para-hydroxylation sites is 1. The zero-order valence-electron chi connectivity index (χ0n) is 12.0. The molecule has 0 saturated carbocycles. The third-order valence-electron chi connectivity index (χ3n) is 2.57. The second-order valence-corrected chi connectivity index (χ2v) is 5.55. The van der Waals surface area contributed by atoms with Gasteiger partial charge in [0.15, 0.2) is 11.6 Å². The first-order valence-corrected chi connectivity index (χ1v) is 6.56. The van der Waals surface area contributed by atoms with Crippen LogP contribution in [0.1, 0.15) is 52.6 Å². The Morgan fingerprint density at radius 2 is 2.00 bits per heavy atom. The molecule has 18 heavy (non-hydrogen) atoms. The van der Waals surface area contributed by atoms with E-state index in [0.717, 1.165) is 18.5 Å². The molecule has 1 unspecified atom stereocenters. The Labute approximate surface area is 110 Å². The second-order valence-electron chi connectivity index (χ2n) is 5.55. The predicted molar refractivity (Wildman–Crippen MR) is 73.5 cm³/mol. The number of ether oxygens (including phenoxy) is 1. The van der Waals surface area contributed by atoms with Crippen LogP contribution in [0.15, 0.2) is 18.2 Å². The van der Waals surface area contributed by atoms with Crippen LogP contribution in [-0.2, 0) is 0 Å². The van der Waals surface area contributed by atoms with Gasteiger partial charge in [0.1, 0.15) is 5.60 Å². The highest BCUT2D eigenvalue weighted by Gasteiger charge is 2.20. The molecule has 0 heterocycles. The first kappa shape index (κ1) is 15.0. The Kier molecular flexibility index (Phi) is 5.15. The van der Waals surface area contributed by atoms with Gasteiger partial charge in [-0.3, -0.25) is 0 Å². The molecule has 0 aliphatic carbocycles. The molecule has 1 N–H and O–H groups in total. The van der Waals surface area contributed by atoms with Crippen molar-refractivity contribution in [3.8, 4) is 5.75 Å². The molecule has 0 saturated heterocycles. The smallest absolute Gasteiger partial charge is 0.165 e. The van der Waals surface area contributed by atoms with Gasteiger partial charge in [-0.15, -0.1) is 0 Å². The maximum absolute atomic E-state index is 13.9. The zero-order valence-corrected chi connectivity index (χ0v) is 12.0. The largest absolute Gasteiger partial charge is 0.485 e. The lowest BCUT2D eigenvalue weighted by Crippen LogP contribution is -2.26. The molecule has 0 spiro atoms. The molecule has 0 bridgehead atoms. The third kappa shape index (κ3) is 4.30. The second kappa shape index (κ2) is 6.19. The lowest BCUT2D eigenvalue weighted by atomic mass is 10.1. The first-order valence-electron chi connectivity index (χ1n) is 6.56. The molecule has 0 aliphatic rings. The van der Waals surface area contributed by atoms with E-state index in [2.05, 4.69) is 12.2 Å². The standard InChI is InChI=1S/C15H24FNO/c1-6-10-17-11(2)12-8-7-9-13(16)14(12)18-15(3,4)5/h7-9,11,17H,6,10H2,1-5H3. The Morgan fingerprint density at radius 3 is 2.56 bits per heavy atom. The summed E-state index contributed by atoms with van der Waals surface area (Å²) >= 11 is 0. The molecule has 0 aliphatic heterocycles. The van der Waals surface area contributed by atoms with Gasteiger partial charge in [-0.05, 0) is 46.7 Å². The van der Waals surface area contributed by atoms with Crippen molar-refractivity contribution in [2.45, 2.75) is 52.7 Å². The van der Waals surface area contributed by atoms with E-state index in [4.69, 9.17) is 4.74 Å². The zero-order chi connectivity index (χ0) is 13.8. The van der Waals surface area contributed by atoms with Crippen LogP contribution in [0.3, 0.4) is 0 Å². The van der Waals surface area contributed by atoms with Crippen LogP contribution in [0.25, 0.3) is 0 Å². The summed E-state index contributed by atoms with van der Waals surface area (Å²) in [5, 5.41) is 3.36. The quantitative estimate of drug-likeness (QED) is 0.854. The highest BCUT2D eigenvalue weighted by molar-refractivity contribution is 5.37. The number of hydrogen-bond donors (Lipinski definition) is 1. The summed E-state index contributed by atoms with van der Waals surface area (Å²) in [6.45, 7) is 10.8. The van der Waals surface area contributed by atoms with Gasteiger partial charge in [-0.1, -0.05) is 19.1 Å². The lowest BCUT2D eigenvalue weighted by molar-refractivity contribution is 0.122. The molecule has 1 rings (SSSR count). The van der Waals surface area contributed by atoms with Gasteiger partial charge < -0.3 is 10.1 Å². The number of hydrogen-bond acceptors (Lipinski definition) is 2. The molecule has 0 amide bonds. The fourth-order valence-corrected chi connectivity index (χ4v) is 1.75. The lowest BCUT2D eigenvalue weighted by Gasteiger charge is -2.25. The maximum Gasteiger partial charge on any atom is 0.165 e. The molecule has 0 radical (unpaired) electrons. The monoisotopic (exact) mass is 253 g/mol. The van der Waals surface area contributed by atoms with Crippen molar-refractivity contribution >= 4 is 0 Å². The van der Waals surface area contributed by atoms with Crippen molar-refractivity contribution in [1.82, 2.24) is 5.32 Å². The maximum atomic E-state index is 13.9. The Bertz CT molecular complexity index is 385. The predicted octanol–water partition coefficient (Wildman–Crippen LogP) is 4.06. The van der Waals surface area contributed by atoms with Gasteiger partial charge in [0.2, 0.25) is 0 Å². The Balaban J connectivity index is 3.00. The van der Waals surface area contributed by atoms with Crippen LogP contribution < -0.4 is 10.1 Å². The Hall–Kier alpha value is -1.09. The summed E-state index contributed by atoms with van der Waals surface area (Å²) in [6.07, 6.45) is 1.05. The van der Waals surface area contributed by atoms with Crippen LogP contribution in [0, 0.1) is 5.82 Å². The van der Waals surface area contributed by atoms with Crippen molar-refractivity contribution in [3.63, 3.8) is 0 Å². The van der Waals surface area contributed by atoms with Crippen molar-refractivity contribution < 1.29 is 9.13 Å². The first-order chi connectivity index (χ1) is 8.35. The minimum absolute atomic E-state index is 0.0815. The topological polar surface area (TPSA) is 21.3 Å². The number of halogens is 1. The van der Waals surface area contributed by atoms with E-state index >= 15 is 0 Å². The normalized spacial score (nSPS) is 13.4. The number of rotatable bonds is 5. The molecule has 3 heteroatoms. The molecule has 102 valence electrons. The van der Waals surface area contributed by atoms with E-state index in [0.29, 0.717) is 5.75 Å². The number of nitrogens with one attached hydrogen (secondary N) is 1. The van der Waals surface area contributed by atoms with E-state index in [1.807, 2.05) is 33.8 Å². The molecule has 1 aromatic rings. The van der Waals surface area contributed by atoms with E-state index < -0.39 is 5.60 Å². The molecule has 2 nitrogen and oxygen atoms in total. The minimum Gasteiger partial charge on any atom is -0.485 e. The highest BCUT2D eigenvalue weighted by atomic mass is 19.1. The van der Waals surface area contributed by atoms with Crippen molar-refractivity contribution in [3.05, 3.63) is 29.6 Å². The van der Waals surface area contributed by atoms with Gasteiger partial charge in [-0.2, -0.15) is 0 Å². The fraction of sp³-hybridized carbons (Fsp3) is 0.600. The van der Waals surface area contributed by atoms with Gasteiger partial charge in [-0.25, -0.2) is 4.39 Å². The van der Waals surface area contributed by atoms with Crippen LogP contribution in [0.2, 0.25) is 0 Å². The van der Waals surface area contributed by atoms with E-state index in [1.54, 1.807) is 6.07 Å². The Morgan fingerprint density at radius 1 is 1.33 bits per heavy atom. The molecular weight excluding hydrogens is 229 g/mol. The summed E-state index contributed by atoms with van der Waals surface area (Å²) in [5.41, 5.74) is 0.472. The summed E-state index contributed by atoms with van der Waals surface area (Å²) in [7, 11) is 0. The average molecular weight is 253 g/mol. The van der Waals surface area contributed by atoms with E-state index in [9.17, 15) is 4.39 Å².